The van der Waals surface area contributed by atoms with E-state index in [1.54, 1.807) is 17.7 Å². The van der Waals surface area contributed by atoms with Crippen LogP contribution in [0.4, 0.5) is 5.82 Å². The number of aromatic nitrogens is 3. The zero-order chi connectivity index (χ0) is 10.7. The van der Waals surface area contributed by atoms with Crippen molar-refractivity contribution < 1.29 is 0 Å². The van der Waals surface area contributed by atoms with Crippen LogP contribution in [0.5, 0.6) is 0 Å². The monoisotopic (exact) mass is 220 g/mol. The molecule has 0 aliphatic carbocycles. The van der Waals surface area contributed by atoms with Crippen molar-refractivity contribution >= 4 is 17.2 Å². The van der Waals surface area contributed by atoms with E-state index >= 15 is 0 Å². The van der Waals surface area contributed by atoms with Gasteiger partial charge in [0.05, 0.1) is 11.6 Å². The lowest BCUT2D eigenvalue weighted by atomic mass is 10.4. The summed E-state index contributed by atoms with van der Waals surface area (Å²) in [5.74, 6) is 0.855. The first kappa shape index (κ1) is 10.0. The van der Waals surface area contributed by atoms with Gasteiger partial charge in [-0.05, 0) is 13.8 Å². The van der Waals surface area contributed by atoms with Crippen LogP contribution in [0.2, 0.25) is 0 Å². The molecule has 0 atom stereocenters. The van der Waals surface area contributed by atoms with E-state index in [0.29, 0.717) is 0 Å². The minimum Gasteiger partial charge on any atom is -0.365 e. The lowest BCUT2D eigenvalue weighted by molar-refractivity contribution is 1.06. The summed E-state index contributed by atoms with van der Waals surface area (Å²) in [6.45, 7) is 4.72. The molecule has 4 nitrogen and oxygen atoms in total. The van der Waals surface area contributed by atoms with Gasteiger partial charge in [-0.2, -0.15) is 0 Å². The van der Waals surface area contributed by atoms with Crippen molar-refractivity contribution in [3.8, 4) is 0 Å². The summed E-state index contributed by atoms with van der Waals surface area (Å²) in [7, 11) is 0. The normalized spacial score (nSPS) is 10.3. The van der Waals surface area contributed by atoms with Crippen LogP contribution in [0.1, 0.15) is 15.6 Å². The van der Waals surface area contributed by atoms with Crippen LogP contribution < -0.4 is 5.32 Å². The summed E-state index contributed by atoms with van der Waals surface area (Å²) in [6, 6.07) is 1.92. The Morgan fingerprint density at radius 3 is 2.80 bits per heavy atom. The Balaban J connectivity index is 1.99. The lowest BCUT2D eigenvalue weighted by Gasteiger charge is -2.02. The molecule has 0 amide bonds. The standard InChI is InChI=1S/C10H12N4S/c1-7-3-10(14-6-13-7)12-5-9-4-11-8(2)15-9/h3-4,6H,5H2,1-2H3,(H,12,13,14). The second kappa shape index (κ2) is 4.35. The van der Waals surface area contributed by atoms with E-state index in [1.807, 2.05) is 26.1 Å². The van der Waals surface area contributed by atoms with Crippen LogP contribution in [-0.4, -0.2) is 15.0 Å². The summed E-state index contributed by atoms with van der Waals surface area (Å²) in [6.07, 6.45) is 3.45. The van der Waals surface area contributed by atoms with E-state index in [0.717, 1.165) is 23.1 Å². The van der Waals surface area contributed by atoms with Gasteiger partial charge >= 0.3 is 0 Å². The number of hydrogen-bond acceptors (Lipinski definition) is 5. The highest BCUT2D eigenvalue weighted by Gasteiger charge is 1.99. The van der Waals surface area contributed by atoms with E-state index in [2.05, 4.69) is 20.3 Å². The van der Waals surface area contributed by atoms with Gasteiger partial charge in [-0.15, -0.1) is 11.3 Å². The Labute approximate surface area is 92.4 Å². The predicted octanol–water partition coefficient (Wildman–Crippen LogP) is 2.16. The molecule has 2 aromatic heterocycles. The second-order valence-electron chi connectivity index (χ2n) is 3.24. The summed E-state index contributed by atoms with van der Waals surface area (Å²) in [5, 5.41) is 4.32. The molecule has 15 heavy (non-hydrogen) atoms. The van der Waals surface area contributed by atoms with Crippen molar-refractivity contribution in [2.24, 2.45) is 0 Å². The average molecular weight is 220 g/mol. The van der Waals surface area contributed by atoms with E-state index in [9.17, 15) is 0 Å². The Kier molecular flexibility index (Phi) is 2.91. The van der Waals surface area contributed by atoms with Crippen LogP contribution in [-0.2, 0) is 6.54 Å². The van der Waals surface area contributed by atoms with Crippen LogP contribution in [0.3, 0.4) is 0 Å². The lowest BCUT2D eigenvalue weighted by Crippen LogP contribution is -2.00. The molecule has 2 aromatic rings. The average Bonchev–Trinajstić information content (AvgIpc) is 2.62. The van der Waals surface area contributed by atoms with Gasteiger partial charge < -0.3 is 5.32 Å². The minimum absolute atomic E-state index is 0.766. The van der Waals surface area contributed by atoms with Crippen molar-refractivity contribution in [1.29, 1.82) is 0 Å². The Bertz CT molecular complexity index is 452. The SMILES string of the molecule is Cc1cc(NCc2cnc(C)s2)ncn1. The number of aryl methyl sites for hydroxylation is 2. The quantitative estimate of drug-likeness (QED) is 0.861. The fourth-order valence-corrected chi connectivity index (χ4v) is 1.95. The molecule has 0 radical (unpaired) electrons. The third-order valence-electron chi connectivity index (χ3n) is 1.92. The first-order valence-electron chi connectivity index (χ1n) is 4.68. The van der Waals surface area contributed by atoms with Crippen molar-refractivity contribution in [3.63, 3.8) is 0 Å². The van der Waals surface area contributed by atoms with Crippen molar-refractivity contribution in [1.82, 2.24) is 15.0 Å². The maximum Gasteiger partial charge on any atom is 0.129 e. The van der Waals surface area contributed by atoms with Gasteiger partial charge in [0.2, 0.25) is 0 Å². The van der Waals surface area contributed by atoms with E-state index in [1.165, 1.54) is 4.88 Å². The highest BCUT2D eigenvalue weighted by molar-refractivity contribution is 7.11. The van der Waals surface area contributed by atoms with Gasteiger partial charge in [-0.3, -0.25) is 0 Å². The Morgan fingerprint density at radius 1 is 1.27 bits per heavy atom. The van der Waals surface area contributed by atoms with Gasteiger partial charge in [0, 0.05) is 22.8 Å². The highest BCUT2D eigenvalue weighted by Crippen LogP contribution is 2.13. The van der Waals surface area contributed by atoms with Crippen LogP contribution in [0.15, 0.2) is 18.6 Å². The molecule has 1 N–H and O–H groups in total. The van der Waals surface area contributed by atoms with E-state index in [-0.39, 0.29) is 0 Å². The predicted molar refractivity (Wildman–Crippen MR) is 60.9 cm³/mol. The Hall–Kier alpha value is -1.49. The first-order valence-corrected chi connectivity index (χ1v) is 5.49. The topological polar surface area (TPSA) is 50.7 Å². The highest BCUT2D eigenvalue weighted by atomic mass is 32.1. The number of thiazole rings is 1. The molecule has 0 aliphatic rings. The molecule has 0 bridgehead atoms. The maximum atomic E-state index is 4.19. The molecular formula is C10H12N4S. The smallest absolute Gasteiger partial charge is 0.129 e. The maximum absolute atomic E-state index is 4.19. The molecule has 0 spiro atoms. The van der Waals surface area contributed by atoms with Gasteiger partial charge in [0.25, 0.3) is 0 Å². The number of anilines is 1. The van der Waals surface area contributed by atoms with Crippen LogP contribution in [0, 0.1) is 13.8 Å². The molecule has 0 aliphatic heterocycles. The molecule has 0 saturated heterocycles. The van der Waals surface area contributed by atoms with Crippen molar-refractivity contribution in [3.05, 3.63) is 34.2 Å². The summed E-state index contributed by atoms with van der Waals surface area (Å²) < 4.78 is 0. The zero-order valence-corrected chi connectivity index (χ0v) is 9.51. The fourth-order valence-electron chi connectivity index (χ4n) is 1.22. The second-order valence-corrected chi connectivity index (χ2v) is 4.56. The number of nitrogens with zero attached hydrogens (tertiary/aromatic N) is 3. The van der Waals surface area contributed by atoms with Gasteiger partial charge in [-0.25, -0.2) is 15.0 Å². The van der Waals surface area contributed by atoms with Gasteiger partial charge in [0.15, 0.2) is 0 Å². The molecule has 2 rings (SSSR count). The summed E-state index contributed by atoms with van der Waals surface area (Å²) in [5.41, 5.74) is 0.966. The minimum atomic E-state index is 0.766. The Morgan fingerprint density at radius 2 is 2.13 bits per heavy atom. The zero-order valence-electron chi connectivity index (χ0n) is 8.69. The van der Waals surface area contributed by atoms with Crippen molar-refractivity contribution in [2.75, 3.05) is 5.32 Å². The fraction of sp³-hybridized carbons (Fsp3) is 0.300. The molecule has 0 saturated carbocycles. The molecular weight excluding hydrogens is 208 g/mol. The third kappa shape index (κ3) is 2.73. The number of rotatable bonds is 3. The molecule has 78 valence electrons. The molecule has 5 heteroatoms. The summed E-state index contributed by atoms with van der Waals surface area (Å²) in [4.78, 5) is 13.6. The van der Waals surface area contributed by atoms with Crippen LogP contribution >= 0.6 is 11.3 Å². The molecule has 0 fully saturated rings. The van der Waals surface area contributed by atoms with Gasteiger partial charge in [0.1, 0.15) is 12.1 Å². The molecule has 0 aromatic carbocycles. The molecule has 0 unspecified atom stereocenters. The number of nitrogens with one attached hydrogen (secondary N) is 1. The van der Waals surface area contributed by atoms with Crippen LogP contribution in [0.25, 0.3) is 0 Å². The number of hydrogen-bond donors (Lipinski definition) is 1. The third-order valence-corrected chi connectivity index (χ3v) is 2.83. The first-order chi connectivity index (χ1) is 7.24. The van der Waals surface area contributed by atoms with Gasteiger partial charge in [-0.1, -0.05) is 0 Å². The molecule has 2 heterocycles. The largest absolute Gasteiger partial charge is 0.365 e. The van der Waals surface area contributed by atoms with Crippen molar-refractivity contribution in [2.45, 2.75) is 20.4 Å². The van der Waals surface area contributed by atoms with E-state index < -0.39 is 0 Å². The van der Waals surface area contributed by atoms with E-state index in [4.69, 9.17) is 0 Å². The summed E-state index contributed by atoms with van der Waals surface area (Å²) >= 11 is 1.69.